The highest BCUT2D eigenvalue weighted by Gasteiger charge is 2.26. The van der Waals surface area contributed by atoms with E-state index in [4.69, 9.17) is 11.6 Å². The number of nitrogens with zero attached hydrogens (tertiary/aromatic N) is 1. The second-order valence-electron chi connectivity index (χ2n) is 5.72. The van der Waals surface area contributed by atoms with E-state index in [0.717, 1.165) is 12.8 Å². The zero-order valence-electron chi connectivity index (χ0n) is 13.2. The monoisotopic (exact) mass is 442 g/mol. The maximum Gasteiger partial charge on any atom is 0.255 e. The van der Waals surface area contributed by atoms with Crippen LogP contribution < -0.4 is 5.32 Å². The summed E-state index contributed by atoms with van der Waals surface area (Å²) in [5, 5.41) is 3.26. The second kappa shape index (κ2) is 7.45. The van der Waals surface area contributed by atoms with Crippen LogP contribution in [-0.2, 0) is 10.0 Å². The molecule has 0 aromatic heterocycles. The van der Waals surface area contributed by atoms with Gasteiger partial charge in [-0.05, 0) is 71.2 Å². The fourth-order valence-electron chi connectivity index (χ4n) is 2.63. The first-order chi connectivity index (χ1) is 11.9. The highest BCUT2D eigenvalue weighted by molar-refractivity contribution is 9.10. The van der Waals surface area contributed by atoms with E-state index >= 15 is 0 Å². The number of nitrogens with one attached hydrogen (secondary N) is 1. The van der Waals surface area contributed by atoms with E-state index in [0.29, 0.717) is 33.8 Å². The Morgan fingerprint density at radius 3 is 2.32 bits per heavy atom. The summed E-state index contributed by atoms with van der Waals surface area (Å²) >= 11 is 9.20. The zero-order chi connectivity index (χ0) is 18.0. The van der Waals surface area contributed by atoms with Crippen molar-refractivity contribution < 1.29 is 13.2 Å². The normalized spacial score (nSPS) is 15.3. The average Bonchev–Trinajstić information content (AvgIpc) is 3.13. The summed E-state index contributed by atoms with van der Waals surface area (Å²) in [7, 11) is -3.45. The van der Waals surface area contributed by atoms with Gasteiger partial charge in [-0.3, -0.25) is 4.79 Å². The molecule has 2 aromatic rings. The topological polar surface area (TPSA) is 66.5 Å². The Morgan fingerprint density at radius 2 is 1.72 bits per heavy atom. The molecule has 0 spiro atoms. The van der Waals surface area contributed by atoms with Crippen LogP contribution in [0.2, 0.25) is 5.02 Å². The number of carbonyl (C=O) groups excluding carboxylic acids is 1. The van der Waals surface area contributed by atoms with Crippen molar-refractivity contribution >= 4 is 49.1 Å². The molecule has 5 nitrogen and oxygen atoms in total. The fourth-order valence-corrected chi connectivity index (χ4v) is 4.64. The van der Waals surface area contributed by atoms with Crippen LogP contribution in [0.25, 0.3) is 0 Å². The molecular weight excluding hydrogens is 428 g/mol. The number of hydrogen-bond acceptors (Lipinski definition) is 3. The summed E-state index contributed by atoms with van der Waals surface area (Å²) in [6.07, 6.45) is 1.79. The van der Waals surface area contributed by atoms with E-state index < -0.39 is 10.0 Å². The molecule has 1 aliphatic heterocycles. The SMILES string of the molecule is O=C(Nc1ccc(S(=O)(=O)N2CCCC2)cc1)c1ccc(Cl)c(Br)c1. The van der Waals surface area contributed by atoms with Crippen molar-refractivity contribution in [3.63, 3.8) is 0 Å². The molecule has 1 fully saturated rings. The van der Waals surface area contributed by atoms with E-state index in [1.165, 1.54) is 16.4 Å². The van der Waals surface area contributed by atoms with Crippen LogP contribution in [-0.4, -0.2) is 31.7 Å². The molecule has 1 heterocycles. The van der Waals surface area contributed by atoms with E-state index in [1.54, 1.807) is 30.3 Å². The van der Waals surface area contributed by atoms with E-state index in [-0.39, 0.29) is 10.8 Å². The highest BCUT2D eigenvalue weighted by atomic mass is 79.9. The summed E-state index contributed by atoms with van der Waals surface area (Å²) < 4.78 is 27.1. The largest absolute Gasteiger partial charge is 0.322 e. The molecule has 2 aromatic carbocycles. The van der Waals surface area contributed by atoms with Gasteiger partial charge >= 0.3 is 0 Å². The molecule has 8 heteroatoms. The molecule has 25 heavy (non-hydrogen) atoms. The van der Waals surface area contributed by atoms with E-state index in [9.17, 15) is 13.2 Å². The summed E-state index contributed by atoms with van der Waals surface area (Å²) in [6.45, 7) is 1.12. The van der Waals surface area contributed by atoms with Gasteiger partial charge in [0.25, 0.3) is 5.91 Å². The molecule has 0 bridgehead atoms. The summed E-state index contributed by atoms with van der Waals surface area (Å²) in [6, 6.07) is 11.1. The Labute approximate surface area is 160 Å². The maximum atomic E-state index is 12.5. The molecule has 0 unspecified atom stereocenters. The number of carbonyl (C=O) groups is 1. The molecule has 0 aliphatic carbocycles. The van der Waals surface area contributed by atoms with Gasteiger partial charge in [-0.15, -0.1) is 0 Å². The third-order valence-electron chi connectivity index (χ3n) is 4.00. The lowest BCUT2D eigenvalue weighted by Gasteiger charge is -2.15. The molecule has 132 valence electrons. The molecule has 0 atom stereocenters. The Kier molecular flexibility index (Phi) is 5.48. The van der Waals surface area contributed by atoms with Crippen molar-refractivity contribution in [1.29, 1.82) is 0 Å². The zero-order valence-corrected chi connectivity index (χ0v) is 16.4. The van der Waals surface area contributed by atoms with Crippen LogP contribution in [0.15, 0.2) is 51.8 Å². The number of rotatable bonds is 4. The maximum absolute atomic E-state index is 12.5. The Balaban J connectivity index is 1.74. The highest BCUT2D eigenvalue weighted by Crippen LogP contribution is 2.25. The van der Waals surface area contributed by atoms with Crippen LogP contribution in [0.5, 0.6) is 0 Å². The van der Waals surface area contributed by atoms with Gasteiger partial charge in [-0.25, -0.2) is 8.42 Å². The number of halogens is 2. The summed E-state index contributed by atoms with van der Waals surface area (Å²) in [4.78, 5) is 12.5. The number of hydrogen-bond donors (Lipinski definition) is 1. The van der Waals surface area contributed by atoms with Crippen molar-refractivity contribution in [2.45, 2.75) is 17.7 Å². The Morgan fingerprint density at radius 1 is 1.08 bits per heavy atom. The first-order valence-electron chi connectivity index (χ1n) is 7.74. The number of amides is 1. The van der Waals surface area contributed by atoms with Crippen LogP contribution in [0, 0.1) is 0 Å². The van der Waals surface area contributed by atoms with Crippen LogP contribution in [0.4, 0.5) is 5.69 Å². The number of benzene rings is 2. The van der Waals surface area contributed by atoms with Gasteiger partial charge in [0.2, 0.25) is 10.0 Å². The second-order valence-corrected chi connectivity index (χ2v) is 8.92. The third-order valence-corrected chi connectivity index (χ3v) is 7.12. The molecule has 0 saturated carbocycles. The van der Waals surface area contributed by atoms with E-state index in [1.807, 2.05) is 0 Å². The van der Waals surface area contributed by atoms with Gasteiger partial charge in [0.05, 0.1) is 9.92 Å². The molecule has 1 saturated heterocycles. The van der Waals surface area contributed by atoms with Gasteiger partial charge in [0.1, 0.15) is 0 Å². The predicted octanol–water partition coefficient (Wildman–Crippen LogP) is 4.14. The van der Waals surface area contributed by atoms with Crippen molar-refractivity contribution in [1.82, 2.24) is 4.31 Å². The van der Waals surface area contributed by atoms with E-state index in [2.05, 4.69) is 21.2 Å². The van der Waals surface area contributed by atoms with Crippen molar-refractivity contribution in [2.75, 3.05) is 18.4 Å². The number of anilines is 1. The molecular formula is C17H16BrClN2O3S. The summed E-state index contributed by atoms with van der Waals surface area (Å²) in [5.74, 6) is -0.299. The first kappa shape index (κ1) is 18.4. The lowest BCUT2D eigenvalue weighted by atomic mass is 10.2. The van der Waals surface area contributed by atoms with Gasteiger partial charge in [0.15, 0.2) is 0 Å². The first-order valence-corrected chi connectivity index (χ1v) is 10.4. The Hall–Kier alpha value is -1.41. The average molecular weight is 444 g/mol. The van der Waals surface area contributed by atoms with Crippen molar-refractivity contribution in [3.05, 3.63) is 57.5 Å². The smallest absolute Gasteiger partial charge is 0.255 e. The Bertz CT molecular complexity index is 895. The third kappa shape index (κ3) is 4.06. The van der Waals surface area contributed by atoms with Crippen LogP contribution in [0.3, 0.4) is 0 Å². The van der Waals surface area contributed by atoms with Crippen LogP contribution in [0.1, 0.15) is 23.2 Å². The van der Waals surface area contributed by atoms with Gasteiger partial charge in [0, 0.05) is 28.8 Å². The summed E-state index contributed by atoms with van der Waals surface area (Å²) in [5.41, 5.74) is 0.974. The van der Waals surface area contributed by atoms with Gasteiger partial charge < -0.3 is 5.32 Å². The predicted molar refractivity (Wildman–Crippen MR) is 102 cm³/mol. The molecule has 1 N–H and O–H groups in total. The van der Waals surface area contributed by atoms with Crippen molar-refractivity contribution in [2.24, 2.45) is 0 Å². The lowest BCUT2D eigenvalue weighted by Crippen LogP contribution is -2.27. The minimum atomic E-state index is -3.45. The minimum absolute atomic E-state index is 0.238. The minimum Gasteiger partial charge on any atom is -0.322 e. The number of sulfonamides is 1. The molecule has 1 amide bonds. The quantitative estimate of drug-likeness (QED) is 0.772. The standard InChI is InChI=1S/C17H16BrClN2O3S/c18-15-11-12(3-8-16(15)19)17(22)20-13-4-6-14(7-5-13)25(23,24)21-9-1-2-10-21/h3-8,11H,1-2,9-10H2,(H,20,22). The molecule has 3 rings (SSSR count). The molecule has 0 radical (unpaired) electrons. The lowest BCUT2D eigenvalue weighted by molar-refractivity contribution is 0.102. The van der Waals surface area contributed by atoms with Crippen molar-refractivity contribution in [3.8, 4) is 0 Å². The van der Waals surface area contributed by atoms with Gasteiger partial charge in [-0.1, -0.05) is 11.6 Å². The fraction of sp³-hybridized carbons (Fsp3) is 0.235. The van der Waals surface area contributed by atoms with Gasteiger partial charge in [-0.2, -0.15) is 4.31 Å². The van der Waals surface area contributed by atoms with Crippen LogP contribution >= 0.6 is 27.5 Å². The molecule has 1 aliphatic rings.